The number of amides is 2. The van der Waals surface area contributed by atoms with Crippen molar-refractivity contribution >= 4 is 18.4 Å². The van der Waals surface area contributed by atoms with Crippen LogP contribution in [0.1, 0.15) is 0 Å². The normalized spacial score (nSPS) is 22.9. The minimum atomic E-state index is -0.171. The van der Waals surface area contributed by atoms with Gasteiger partial charge in [0, 0.05) is 6.54 Å². The van der Waals surface area contributed by atoms with Crippen LogP contribution in [0.4, 0.5) is 4.79 Å². The molecule has 1 saturated heterocycles. The third-order valence-corrected chi connectivity index (χ3v) is 1.07. The molecule has 4 N–H and O–H groups in total. The smallest absolute Gasteiger partial charge is 0.319 e. The minimum absolute atomic E-state index is 0. The van der Waals surface area contributed by atoms with Gasteiger partial charge in [-0.15, -0.1) is 12.4 Å². The van der Waals surface area contributed by atoms with E-state index in [0.717, 1.165) is 6.54 Å². The molecule has 6 heteroatoms. The van der Waals surface area contributed by atoms with Crippen LogP contribution in [0.5, 0.6) is 0 Å². The van der Waals surface area contributed by atoms with Gasteiger partial charge in [0.05, 0.1) is 0 Å². The van der Waals surface area contributed by atoms with Gasteiger partial charge >= 0.3 is 6.03 Å². The van der Waals surface area contributed by atoms with E-state index in [-0.39, 0.29) is 24.6 Å². The first-order valence-electron chi connectivity index (χ1n) is 2.79. The number of hydrazine groups is 1. The van der Waals surface area contributed by atoms with E-state index < -0.39 is 0 Å². The molecule has 0 spiro atoms. The highest BCUT2D eigenvalue weighted by Crippen LogP contribution is 1.79. The second-order valence-corrected chi connectivity index (χ2v) is 1.85. The van der Waals surface area contributed by atoms with Crippen LogP contribution in [0.25, 0.3) is 0 Å². The standard InChI is InChI=1S/C4H10N4O.ClH/c1-5-2-3-6-4(9)8-7-3;/h3,5,7H,2H2,1H3,(H2,6,8,9);1H. The summed E-state index contributed by atoms with van der Waals surface area (Å²) in [5.41, 5.74) is 5.15. The molecule has 0 radical (unpaired) electrons. The Bertz CT molecular complexity index is 120. The Morgan fingerprint density at radius 2 is 2.40 bits per heavy atom. The number of halogens is 1. The second kappa shape index (κ2) is 4.32. The molecule has 0 aromatic carbocycles. The monoisotopic (exact) mass is 166 g/mol. The molecule has 0 aromatic heterocycles. The largest absolute Gasteiger partial charge is 0.330 e. The SMILES string of the molecule is CNCC1NNC(=O)N1.Cl. The summed E-state index contributed by atoms with van der Waals surface area (Å²) in [6.07, 6.45) is 0.0162. The third-order valence-electron chi connectivity index (χ3n) is 1.07. The van der Waals surface area contributed by atoms with Crippen molar-refractivity contribution < 1.29 is 4.79 Å². The first kappa shape index (κ1) is 9.48. The lowest BCUT2D eigenvalue weighted by Crippen LogP contribution is -2.41. The van der Waals surface area contributed by atoms with E-state index in [1.807, 2.05) is 7.05 Å². The Balaban J connectivity index is 0.000000810. The maximum Gasteiger partial charge on any atom is 0.330 e. The van der Waals surface area contributed by atoms with Gasteiger partial charge in [-0.05, 0) is 7.05 Å². The van der Waals surface area contributed by atoms with Gasteiger partial charge in [-0.2, -0.15) is 0 Å². The number of likely N-dealkylation sites (N-methyl/N-ethyl adjacent to an activating group) is 1. The lowest BCUT2D eigenvalue weighted by Gasteiger charge is -2.05. The molecule has 1 aliphatic heterocycles. The first-order chi connectivity index (χ1) is 4.33. The summed E-state index contributed by atoms with van der Waals surface area (Å²) in [6, 6.07) is -0.171. The van der Waals surface area contributed by atoms with E-state index in [1.54, 1.807) is 0 Å². The third kappa shape index (κ3) is 2.38. The molecule has 1 fully saturated rings. The summed E-state index contributed by atoms with van der Waals surface area (Å²) >= 11 is 0. The fourth-order valence-corrected chi connectivity index (χ4v) is 0.689. The van der Waals surface area contributed by atoms with E-state index in [9.17, 15) is 4.79 Å². The van der Waals surface area contributed by atoms with Crippen molar-refractivity contribution in [1.29, 1.82) is 0 Å². The Kier molecular flexibility index (Phi) is 4.10. The summed E-state index contributed by atoms with van der Waals surface area (Å²) < 4.78 is 0. The number of hydrogen-bond acceptors (Lipinski definition) is 3. The summed E-state index contributed by atoms with van der Waals surface area (Å²) in [5.74, 6) is 0. The summed E-state index contributed by atoms with van der Waals surface area (Å²) in [4.78, 5) is 10.4. The lowest BCUT2D eigenvalue weighted by atomic mass is 10.5. The van der Waals surface area contributed by atoms with Crippen LogP contribution in [-0.4, -0.2) is 25.8 Å². The fourth-order valence-electron chi connectivity index (χ4n) is 0.689. The van der Waals surface area contributed by atoms with Crippen molar-refractivity contribution in [2.24, 2.45) is 0 Å². The van der Waals surface area contributed by atoms with E-state index in [2.05, 4.69) is 21.5 Å². The number of hydrogen-bond donors (Lipinski definition) is 4. The van der Waals surface area contributed by atoms with Crippen molar-refractivity contribution in [3.8, 4) is 0 Å². The Hall–Kier alpha value is -0.520. The zero-order valence-corrected chi connectivity index (χ0v) is 6.42. The predicted molar refractivity (Wildman–Crippen MR) is 39.8 cm³/mol. The molecule has 0 aromatic rings. The molecule has 0 saturated carbocycles. The van der Waals surface area contributed by atoms with Crippen LogP contribution in [0.2, 0.25) is 0 Å². The quantitative estimate of drug-likeness (QED) is 0.416. The molecule has 1 aliphatic rings. The van der Waals surface area contributed by atoms with Gasteiger partial charge in [-0.3, -0.25) is 5.43 Å². The van der Waals surface area contributed by atoms with Crippen LogP contribution < -0.4 is 21.5 Å². The zero-order valence-electron chi connectivity index (χ0n) is 5.60. The summed E-state index contributed by atoms with van der Waals surface area (Å²) in [7, 11) is 1.83. The average molecular weight is 167 g/mol. The molecular formula is C4H11ClN4O. The number of rotatable bonds is 2. The molecule has 0 aliphatic carbocycles. The number of nitrogens with one attached hydrogen (secondary N) is 4. The van der Waals surface area contributed by atoms with Crippen LogP contribution in [0.15, 0.2) is 0 Å². The number of carbonyl (C=O) groups is 1. The van der Waals surface area contributed by atoms with Crippen molar-refractivity contribution in [3.05, 3.63) is 0 Å². The van der Waals surface area contributed by atoms with Gasteiger partial charge in [0.15, 0.2) is 0 Å². The minimum Gasteiger partial charge on any atom is -0.319 e. The molecule has 1 heterocycles. The first-order valence-corrected chi connectivity index (χ1v) is 2.79. The Labute approximate surface area is 65.3 Å². The molecule has 10 heavy (non-hydrogen) atoms. The molecule has 1 rings (SSSR count). The van der Waals surface area contributed by atoms with Crippen LogP contribution >= 0.6 is 12.4 Å². The Morgan fingerprint density at radius 1 is 1.70 bits per heavy atom. The highest BCUT2D eigenvalue weighted by Gasteiger charge is 2.16. The van der Waals surface area contributed by atoms with Crippen molar-refractivity contribution in [1.82, 2.24) is 21.5 Å². The highest BCUT2D eigenvalue weighted by molar-refractivity contribution is 5.85. The van der Waals surface area contributed by atoms with Crippen molar-refractivity contribution in [2.45, 2.75) is 6.17 Å². The molecule has 60 valence electrons. The topological polar surface area (TPSA) is 65.2 Å². The average Bonchev–Trinajstić information content (AvgIpc) is 2.17. The second-order valence-electron chi connectivity index (χ2n) is 1.85. The zero-order chi connectivity index (χ0) is 6.69. The molecular weight excluding hydrogens is 156 g/mol. The van der Waals surface area contributed by atoms with Gasteiger partial charge in [0.1, 0.15) is 6.17 Å². The molecule has 0 bridgehead atoms. The maximum atomic E-state index is 10.4. The van der Waals surface area contributed by atoms with E-state index in [1.165, 1.54) is 0 Å². The van der Waals surface area contributed by atoms with Gasteiger partial charge in [-0.25, -0.2) is 10.2 Å². The number of urea groups is 1. The Morgan fingerprint density at radius 3 is 2.80 bits per heavy atom. The van der Waals surface area contributed by atoms with Crippen LogP contribution in [0.3, 0.4) is 0 Å². The van der Waals surface area contributed by atoms with E-state index >= 15 is 0 Å². The van der Waals surface area contributed by atoms with Crippen molar-refractivity contribution in [3.63, 3.8) is 0 Å². The van der Waals surface area contributed by atoms with Crippen LogP contribution in [-0.2, 0) is 0 Å². The van der Waals surface area contributed by atoms with Gasteiger partial charge in [-0.1, -0.05) is 0 Å². The predicted octanol–water partition coefficient (Wildman–Crippen LogP) is -1.23. The van der Waals surface area contributed by atoms with Gasteiger partial charge in [0.25, 0.3) is 0 Å². The van der Waals surface area contributed by atoms with Crippen LogP contribution in [0, 0.1) is 0 Å². The number of carbonyl (C=O) groups excluding carboxylic acids is 1. The summed E-state index contributed by atoms with van der Waals surface area (Å²) in [6.45, 7) is 0.721. The van der Waals surface area contributed by atoms with Gasteiger partial charge in [0.2, 0.25) is 0 Å². The fraction of sp³-hybridized carbons (Fsp3) is 0.750. The maximum absolute atomic E-state index is 10.4. The molecule has 2 amide bonds. The highest BCUT2D eigenvalue weighted by atomic mass is 35.5. The van der Waals surface area contributed by atoms with E-state index in [4.69, 9.17) is 0 Å². The lowest BCUT2D eigenvalue weighted by molar-refractivity contribution is 0.247. The molecule has 1 unspecified atom stereocenters. The van der Waals surface area contributed by atoms with E-state index in [0.29, 0.717) is 0 Å². The van der Waals surface area contributed by atoms with Crippen molar-refractivity contribution in [2.75, 3.05) is 13.6 Å². The molecule has 1 atom stereocenters. The van der Waals surface area contributed by atoms with Gasteiger partial charge < -0.3 is 10.6 Å². The molecule has 5 nitrogen and oxygen atoms in total. The summed E-state index contributed by atoms with van der Waals surface area (Å²) in [5, 5.41) is 5.54.